The molecular formula is C11H10BrNO2. The zero-order valence-electron chi connectivity index (χ0n) is 8.03. The topological polar surface area (TPSA) is 49.7 Å². The van der Waals surface area contributed by atoms with Crippen LogP contribution in [-0.4, -0.2) is 23.3 Å². The lowest BCUT2D eigenvalue weighted by molar-refractivity contribution is -0.129. The molecule has 3 nitrogen and oxygen atoms in total. The lowest BCUT2D eigenvalue weighted by Gasteiger charge is -2.06. The van der Waals surface area contributed by atoms with Gasteiger partial charge in [0, 0.05) is 16.6 Å². The minimum atomic E-state index is -0.944. The summed E-state index contributed by atoms with van der Waals surface area (Å²) in [6.45, 7) is 0.591. The van der Waals surface area contributed by atoms with Gasteiger partial charge >= 0.3 is 5.97 Å². The van der Waals surface area contributed by atoms with E-state index in [1.165, 1.54) is 0 Å². The number of halogens is 1. The second kappa shape index (κ2) is 4.14. The van der Waals surface area contributed by atoms with Crippen molar-refractivity contribution < 1.29 is 9.90 Å². The summed E-state index contributed by atoms with van der Waals surface area (Å²) in [5.41, 5.74) is 2.00. The Balaban J connectivity index is 2.55. The van der Waals surface area contributed by atoms with Gasteiger partial charge in [0.05, 0.1) is 0 Å². The van der Waals surface area contributed by atoms with Crippen LogP contribution in [0, 0.1) is 0 Å². The van der Waals surface area contributed by atoms with E-state index in [0.29, 0.717) is 6.54 Å². The molecule has 0 aliphatic carbocycles. The van der Waals surface area contributed by atoms with Gasteiger partial charge in [0.1, 0.15) is 0 Å². The predicted octanol–water partition coefficient (Wildman–Crippen LogP) is 2.27. The van der Waals surface area contributed by atoms with E-state index in [0.717, 1.165) is 28.4 Å². The molecule has 1 aliphatic rings. The summed E-state index contributed by atoms with van der Waals surface area (Å²) in [4.78, 5) is 15.1. The van der Waals surface area contributed by atoms with Gasteiger partial charge in [0.25, 0.3) is 0 Å². The van der Waals surface area contributed by atoms with Crippen molar-refractivity contribution in [3.8, 4) is 0 Å². The molecule has 0 spiro atoms. The van der Waals surface area contributed by atoms with Crippen LogP contribution in [0.3, 0.4) is 0 Å². The zero-order valence-corrected chi connectivity index (χ0v) is 9.62. The Labute approximate surface area is 96.0 Å². The number of hydrogen-bond acceptors (Lipinski definition) is 2. The van der Waals surface area contributed by atoms with Crippen LogP contribution in [0.1, 0.15) is 17.5 Å². The number of carboxylic acid groups (broad SMARTS) is 1. The SMILES string of the molecule is O=C(O)C1=NCCCc2cc(Br)ccc21. The summed E-state index contributed by atoms with van der Waals surface area (Å²) in [5, 5.41) is 9.04. The van der Waals surface area contributed by atoms with Gasteiger partial charge in [0.2, 0.25) is 0 Å². The second-order valence-corrected chi connectivity index (χ2v) is 4.36. The monoisotopic (exact) mass is 267 g/mol. The fraction of sp³-hybridized carbons (Fsp3) is 0.273. The molecule has 0 amide bonds. The van der Waals surface area contributed by atoms with Crippen molar-refractivity contribution in [2.75, 3.05) is 6.54 Å². The van der Waals surface area contributed by atoms with E-state index in [4.69, 9.17) is 5.11 Å². The van der Waals surface area contributed by atoms with Crippen molar-refractivity contribution in [1.82, 2.24) is 0 Å². The third-order valence-electron chi connectivity index (χ3n) is 2.40. The fourth-order valence-electron chi connectivity index (χ4n) is 1.73. The van der Waals surface area contributed by atoms with Gasteiger partial charge < -0.3 is 5.11 Å². The number of nitrogens with zero attached hydrogens (tertiary/aromatic N) is 1. The number of rotatable bonds is 1. The minimum absolute atomic E-state index is 0.190. The van der Waals surface area contributed by atoms with Crippen LogP contribution in [0.15, 0.2) is 27.7 Å². The molecule has 2 rings (SSSR count). The average molecular weight is 268 g/mol. The molecular weight excluding hydrogens is 258 g/mol. The lowest BCUT2D eigenvalue weighted by atomic mass is 10.0. The van der Waals surface area contributed by atoms with Crippen molar-refractivity contribution >= 4 is 27.6 Å². The first-order chi connectivity index (χ1) is 7.18. The second-order valence-electron chi connectivity index (χ2n) is 3.44. The molecule has 0 aromatic heterocycles. The number of aryl methyl sites for hydroxylation is 1. The molecule has 1 aromatic rings. The maximum Gasteiger partial charge on any atom is 0.354 e. The molecule has 1 aromatic carbocycles. The Kier molecular flexibility index (Phi) is 2.86. The van der Waals surface area contributed by atoms with Gasteiger partial charge in [-0.2, -0.15) is 0 Å². The van der Waals surface area contributed by atoms with E-state index in [1.54, 1.807) is 0 Å². The van der Waals surface area contributed by atoms with Crippen molar-refractivity contribution in [1.29, 1.82) is 0 Å². The number of benzene rings is 1. The highest BCUT2D eigenvalue weighted by Crippen LogP contribution is 2.21. The Hall–Kier alpha value is -1.16. The fourth-order valence-corrected chi connectivity index (χ4v) is 2.14. The highest BCUT2D eigenvalue weighted by Gasteiger charge is 2.18. The van der Waals surface area contributed by atoms with Crippen molar-refractivity contribution in [3.63, 3.8) is 0 Å². The Morgan fingerprint density at radius 2 is 2.27 bits per heavy atom. The van der Waals surface area contributed by atoms with Gasteiger partial charge in [0.15, 0.2) is 5.71 Å². The minimum Gasteiger partial charge on any atom is -0.477 e. The van der Waals surface area contributed by atoms with E-state index in [2.05, 4.69) is 20.9 Å². The van der Waals surface area contributed by atoms with Gasteiger partial charge in [-0.05, 0) is 30.5 Å². The molecule has 0 radical (unpaired) electrons. The van der Waals surface area contributed by atoms with Gasteiger partial charge in [-0.1, -0.05) is 22.0 Å². The Morgan fingerprint density at radius 3 is 3.00 bits per heavy atom. The first-order valence-corrected chi connectivity index (χ1v) is 5.54. The molecule has 1 aliphatic heterocycles. The van der Waals surface area contributed by atoms with Gasteiger partial charge in [-0.25, -0.2) is 4.79 Å². The van der Waals surface area contributed by atoms with Gasteiger partial charge in [-0.3, -0.25) is 4.99 Å². The zero-order chi connectivity index (χ0) is 10.8. The number of fused-ring (bicyclic) bond motifs is 1. The average Bonchev–Trinajstić information content (AvgIpc) is 2.38. The molecule has 0 bridgehead atoms. The number of aliphatic carboxylic acids is 1. The molecule has 0 unspecified atom stereocenters. The normalized spacial score (nSPS) is 15.1. The number of aliphatic imine (C=N–C) groups is 1. The van der Waals surface area contributed by atoms with Crippen molar-refractivity contribution in [3.05, 3.63) is 33.8 Å². The maximum absolute atomic E-state index is 11.0. The summed E-state index contributed by atoms with van der Waals surface area (Å²) in [7, 11) is 0. The van der Waals surface area contributed by atoms with Crippen LogP contribution in [0.2, 0.25) is 0 Å². The smallest absolute Gasteiger partial charge is 0.354 e. The van der Waals surface area contributed by atoms with Crippen LogP contribution in [0.5, 0.6) is 0 Å². The Morgan fingerprint density at radius 1 is 1.47 bits per heavy atom. The molecule has 78 valence electrons. The molecule has 0 saturated carbocycles. The summed E-state index contributed by atoms with van der Waals surface area (Å²) in [6.07, 6.45) is 1.79. The van der Waals surface area contributed by atoms with Crippen LogP contribution >= 0.6 is 15.9 Å². The van der Waals surface area contributed by atoms with Crippen LogP contribution in [-0.2, 0) is 11.2 Å². The van der Waals surface area contributed by atoms with E-state index in [1.807, 2.05) is 18.2 Å². The number of hydrogen-bond donors (Lipinski definition) is 1. The highest BCUT2D eigenvalue weighted by atomic mass is 79.9. The molecule has 15 heavy (non-hydrogen) atoms. The van der Waals surface area contributed by atoms with Crippen molar-refractivity contribution in [2.24, 2.45) is 4.99 Å². The number of carboxylic acids is 1. The van der Waals surface area contributed by atoms with Crippen LogP contribution < -0.4 is 0 Å². The highest BCUT2D eigenvalue weighted by molar-refractivity contribution is 9.10. The lowest BCUT2D eigenvalue weighted by Crippen LogP contribution is -2.15. The largest absolute Gasteiger partial charge is 0.477 e. The molecule has 0 atom stereocenters. The maximum atomic E-state index is 11.0. The van der Waals surface area contributed by atoms with Crippen LogP contribution in [0.25, 0.3) is 0 Å². The quantitative estimate of drug-likeness (QED) is 0.849. The van der Waals surface area contributed by atoms with Crippen molar-refractivity contribution in [2.45, 2.75) is 12.8 Å². The summed E-state index contributed by atoms with van der Waals surface area (Å²) < 4.78 is 0.980. The Bertz CT molecular complexity index is 440. The molecule has 4 heteroatoms. The van der Waals surface area contributed by atoms with E-state index >= 15 is 0 Å². The molecule has 0 fully saturated rings. The predicted molar refractivity (Wildman–Crippen MR) is 61.5 cm³/mol. The summed E-state index contributed by atoms with van der Waals surface area (Å²) >= 11 is 3.39. The van der Waals surface area contributed by atoms with Crippen LogP contribution in [0.4, 0.5) is 0 Å². The van der Waals surface area contributed by atoms with E-state index < -0.39 is 5.97 Å². The molecule has 0 saturated heterocycles. The first kappa shape index (κ1) is 10.4. The summed E-state index contributed by atoms with van der Waals surface area (Å²) in [6, 6.07) is 5.64. The molecule has 1 heterocycles. The third-order valence-corrected chi connectivity index (χ3v) is 2.89. The van der Waals surface area contributed by atoms with E-state index in [-0.39, 0.29) is 5.71 Å². The van der Waals surface area contributed by atoms with E-state index in [9.17, 15) is 4.79 Å². The van der Waals surface area contributed by atoms with Gasteiger partial charge in [-0.15, -0.1) is 0 Å². The third kappa shape index (κ3) is 2.09. The number of carbonyl (C=O) groups is 1. The first-order valence-electron chi connectivity index (χ1n) is 4.75. The summed E-state index contributed by atoms with van der Waals surface area (Å²) in [5.74, 6) is -0.944. The molecule has 1 N–H and O–H groups in total. The standard InChI is InChI=1S/C11H10BrNO2/c12-8-3-4-9-7(6-8)2-1-5-13-10(9)11(14)15/h3-4,6H,1-2,5H2,(H,14,15).